The van der Waals surface area contributed by atoms with Crippen molar-refractivity contribution in [1.82, 2.24) is 4.98 Å². The van der Waals surface area contributed by atoms with Gasteiger partial charge in [0.1, 0.15) is 11.2 Å². The number of aromatic nitrogens is 1. The van der Waals surface area contributed by atoms with Crippen molar-refractivity contribution in [3.63, 3.8) is 0 Å². The lowest BCUT2D eigenvalue weighted by molar-refractivity contribution is 0.00681. The van der Waals surface area contributed by atoms with E-state index < -0.39 is 23.0 Å². The summed E-state index contributed by atoms with van der Waals surface area (Å²) >= 11 is 5.80. The van der Waals surface area contributed by atoms with E-state index in [1.807, 2.05) is 0 Å². The molecule has 1 heterocycles. The number of halogens is 1. The quantitative estimate of drug-likeness (QED) is 0.817. The Hall–Kier alpha value is -2.60. The van der Waals surface area contributed by atoms with Crippen LogP contribution < -0.4 is 10.9 Å². The van der Waals surface area contributed by atoms with Gasteiger partial charge in [-0.2, -0.15) is 0 Å². The van der Waals surface area contributed by atoms with Crippen molar-refractivity contribution >= 4 is 29.2 Å². The molecule has 0 aliphatic carbocycles. The molecule has 0 fully saturated rings. The maximum atomic E-state index is 12.4. The molecule has 0 aliphatic heterocycles. The Labute approximate surface area is 150 Å². The first-order valence-corrected chi connectivity index (χ1v) is 7.99. The number of nitrogens with one attached hydrogen (secondary N) is 2. The topological polar surface area (TPSA) is 88.3 Å². The minimum Gasteiger partial charge on any atom is -0.456 e. The zero-order chi connectivity index (χ0) is 18.8. The summed E-state index contributed by atoms with van der Waals surface area (Å²) in [5.74, 6) is -1.24. The number of anilines is 1. The Morgan fingerprint density at radius 3 is 2.28 bits per heavy atom. The van der Waals surface area contributed by atoms with Gasteiger partial charge in [0.25, 0.3) is 11.5 Å². The standard InChI is InChI=1S/C18H19ClN2O4/c1-10-13(17(24)25-18(2,3)4)9-14(15(22)20-10)16(23)21-12-7-5-11(19)6-8-12/h5-9H,1-4H3,(H,20,22)(H,21,23). The second kappa shape index (κ2) is 7.11. The van der Waals surface area contributed by atoms with Crippen molar-refractivity contribution in [2.75, 3.05) is 5.32 Å². The fourth-order valence-corrected chi connectivity index (χ4v) is 2.19. The van der Waals surface area contributed by atoms with Gasteiger partial charge in [-0.15, -0.1) is 0 Å². The molecule has 6 nitrogen and oxygen atoms in total. The van der Waals surface area contributed by atoms with E-state index in [2.05, 4.69) is 10.3 Å². The highest BCUT2D eigenvalue weighted by atomic mass is 35.5. The van der Waals surface area contributed by atoms with Crippen molar-refractivity contribution in [3.05, 3.63) is 62.5 Å². The number of hydrogen-bond acceptors (Lipinski definition) is 4. The highest BCUT2D eigenvalue weighted by molar-refractivity contribution is 6.30. The average molecular weight is 363 g/mol. The molecule has 7 heteroatoms. The minimum absolute atomic E-state index is 0.135. The molecule has 25 heavy (non-hydrogen) atoms. The van der Waals surface area contributed by atoms with Crippen LogP contribution in [0.15, 0.2) is 35.1 Å². The summed E-state index contributed by atoms with van der Waals surface area (Å²) in [4.78, 5) is 39.3. The molecule has 0 saturated carbocycles. The molecule has 0 radical (unpaired) electrons. The van der Waals surface area contributed by atoms with Crippen LogP contribution in [0.5, 0.6) is 0 Å². The smallest absolute Gasteiger partial charge is 0.340 e. The third-order valence-corrected chi connectivity index (χ3v) is 3.46. The van der Waals surface area contributed by atoms with Gasteiger partial charge in [-0.3, -0.25) is 9.59 Å². The van der Waals surface area contributed by atoms with E-state index in [0.717, 1.165) is 0 Å². The van der Waals surface area contributed by atoms with Crippen LogP contribution in [0.2, 0.25) is 5.02 Å². The molecule has 1 aromatic heterocycles. The number of amides is 1. The van der Waals surface area contributed by atoms with Crippen molar-refractivity contribution in [1.29, 1.82) is 0 Å². The van der Waals surface area contributed by atoms with E-state index in [-0.39, 0.29) is 11.1 Å². The van der Waals surface area contributed by atoms with Crippen molar-refractivity contribution in [2.24, 2.45) is 0 Å². The van der Waals surface area contributed by atoms with Crippen molar-refractivity contribution < 1.29 is 14.3 Å². The molecule has 1 aromatic carbocycles. The van der Waals surface area contributed by atoms with Crippen molar-refractivity contribution in [3.8, 4) is 0 Å². The van der Waals surface area contributed by atoms with Crippen LogP contribution in [0.25, 0.3) is 0 Å². The molecule has 0 atom stereocenters. The number of carbonyl (C=O) groups excluding carboxylic acids is 2. The highest BCUT2D eigenvalue weighted by Crippen LogP contribution is 2.16. The Morgan fingerprint density at radius 2 is 1.72 bits per heavy atom. The maximum absolute atomic E-state index is 12.4. The molecular formula is C18H19ClN2O4. The molecule has 0 spiro atoms. The van der Waals surface area contributed by atoms with Crippen LogP contribution in [0.4, 0.5) is 5.69 Å². The van der Waals surface area contributed by atoms with Crippen LogP contribution in [0.1, 0.15) is 47.2 Å². The highest BCUT2D eigenvalue weighted by Gasteiger charge is 2.22. The molecule has 0 aliphatic rings. The lowest BCUT2D eigenvalue weighted by Crippen LogP contribution is -2.28. The number of pyridine rings is 1. The van der Waals surface area contributed by atoms with Gasteiger partial charge in [-0.1, -0.05) is 11.6 Å². The summed E-state index contributed by atoms with van der Waals surface area (Å²) in [6.45, 7) is 6.78. The van der Waals surface area contributed by atoms with Gasteiger partial charge in [0.2, 0.25) is 0 Å². The number of esters is 1. The molecular weight excluding hydrogens is 344 g/mol. The first-order valence-electron chi connectivity index (χ1n) is 7.61. The van der Waals surface area contributed by atoms with Gasteiger partial charge in [0, 0.05) is 16.4 Å². The van der Waals surface area contributed by atoms with E-state index in [0.29, 0.717) is 16.4 Å². The lowest BCUT2D eigenvalue weighted by Gasteiger charge is -2.20. The third-order valence-electron chi connectivity index (χ3n) is 3.20. The first kappa shape index (κ1) is 18.7. The molecule has 2 rings (SSSR count). The van der Waals surface area contributed by atoms with Crippen LogP contribution in [0.3, 0.4) is 0 Å². The molecule has 1 amide bonds. The second-order valence-electron chi connectivity index (χ2n) is 6.51. The van der Waals surface area contributed by atoms with Gasteiger partial charge in [0.15, 0.2) is 0 Å². The number of rotatable bonds is 3. The lowest BCUT2D eigenvalue weighted by atomic mass is 10.1. The Morgan fingerprint density at radius 1 is 1.12 bits per heavy atom. The van der Waals surface area contributed by atoms with E-state index in [1.54, 1.807) is 52.0 Å². The Kier molecular flexibility index (Phi) is 5.33. The summed E-state index contributed by atoms with van der Waals surface area (Å²) < 4.78 is 5.30. The number of aryl methyl sites for hydroxylation is 1. The number of carbonyl (C=O) groups is 2. The predicted octanol–water partition coefficient (Wildman–Crippen LogP) is 3.54. The van der Waals surface area contributed by atoms with Crippen molar-refractivity contribution in [2.45, 2.75) is 33.3 Å². The second-order valence-corrected chi connectivity index (χ2v) is 6.95. The molecule has 0 unspecified atom stereocenters. The number of hydrogen-bond donors (Lipinski definition) is 2. The van der Waals surface area contributed by atoms with E-state index >= 15 is 0 Å². The third kappa shape index (κ3) is 4.93. The van der Waals surface area contributed by atoms with Crippen LogP contribution in [0, 0.1) is 6.92 Å². The monoisotopic (exact) mass is 362 g/mol. The van der Waals surface area contributed by atoms with Crippen LogP contribution in [-0.2, 0) is 4.74 Å². The number of aromatic amines is 1. The van der Waals surface area contributed by atoms with E-state index in [1.165, 1.54) is 6.07 Å². The maximum Gasteiger partial charge on any atom is 0.340 e. The normalized spacial score (nSPS) is 11.1. The van der Waals surface area contributed by atoms with Gasteiger partial charge in [-0.25, -0.2) is 4.79 Å². The zero-order valence-corrected chi connectivity index (χ0v) is 15.2. The fraction of sp³-hybridized carbons (Fsp3) is 0.278. The van der Waals surface area contributed by atoms with Crippen LogP contribution >= 0.6 is 11.6 Å². The average Bonchev–Trinajstić information content (AvgIpc) is 2.47. The molecule has 2 aromatic rings. The Balaban J connectivity index is 2.33. The summed E-state index contributed by atoms with van der Waals surface area (Å²) in [5, 5.41) is 3.12. The Bertz CT molecular complexity index is 864. The van der Waals surface area contributed by atoms with Gasteiger partial charge < -0.3 is 15.0 Å². The fourth-order valence-electron chi connectivity index (χ4n) is 2.07. The zero-order valence-electron chi connectivity index (χ0n) is 14.4. The number of ether oxygens (including phenoxy) is 1. The van der Waals surface area contributed by atoms with E-state index in [4.69, 9.17) is 16.3 Å². The summed E-state index contributed by atoms with van der Waals surface area (Å²) in [5.41, 5.74) is -0.505. The molecule has 0 saturated heterocycles. The van der Waals surface area contributed by atoms with E-state index in [9.17, 15) is 14.4 Å². The van der Waals surface area contributed by atoms with Crippen LogP contribution in [-0.4, -0.2) is 22.5 Å². The van der Waals surface area contributed by atoms with Gasteiger partial charge >= 0.3 is 5.97 Å². The number of H-pyrrole nitrogens is 1. The minimum atomic E-state index is -0.689. The molecule has 2 N–H and O–H groups in total. The SMILES string of the molecule is Cc1[nH]c(=O)c(C(=O)Nc2ccc(Cl)cc2)cc1C(=O)OC(C)(C)C. The first-order chi connectivity index (χ1) is 11.6. The largest absolute Gasteiger partial charge is 0.456 e. The number of benzene rings is 1. The summed E-state index contributed by atoms with van der Waals surface area (Å²) in [6, 6.07) is 7.69. The summed E-state index contributed by atoms with van der Waals surface area (Å²) in [7, 11) is 0. The van der Waals surface area contributed by atoms with Gasteiger partial charge in [-0.05, 0) is 58.0 Å². The molecule has 132 valence electrons. The predicted molar refractivity (Wildman–Crippen MR) is 96.4 cm³/mol. The molecule has 0 bridgehead atoms. The summed E-state index contributed by atoms with van der Waals surface area (Å²) in [6.07, 6.45) is 0. The van der Waals surface area contributed by atoms with Gasteiger partial charge in [0.05, 0.1) is 5.56 Å².